The molecule has 3 rings (SSSR count). The van der Waals surface area contributed by atoms with E-state index < -0.39 is 5.25 Å². The average molecular weight is 467 g/mol. The molecule has 1 heterocycles. The Balaban J connectivity index is 1.75. The number of nitrogens with one attached hydrogen (secondary N) is 1. The zero-order chi connectivity index (χ0) is 19.6. The number of nitrogens with two attached hydrogens (primary N) is 1. The maximum atomic E-state index is 12.5. The van der Waals surface area contributed by atoms with Crippen molar-refractivity contribution in [3.05, 3.63) is 57.5 Å². The first kappa shape index (κ1) is 19.7. The van der Waals surface area contributed by atoms with Gasteiger partial charge in [0.05, 0.1) is 5.25 Å². The van der Waals surface area contributed by atoms with E-state index in [0.717, 1.165) is 15.6 Å². The van der Waals surface area contributed by atoms with E-state index in [0.29, 0.717) is 21.7 Å². The molecule has 27 heavy (non-hydrogen) atoms. The van der Waals surface area contributed by atoms with Crippen molar-refractivity contribution in [3.63, 3.8) is 0 Å². The average Bonchev–Trinajstić information content (AvgIpc) is 3.00. The molecule has 140 valence electrons. The smallest absolute Gasteiger partial charge is 0.237 e. The van der Waals surface area contributed by atoms with Gasteiger partial charge in [-0.1, -0.05) is 57.5 Å². The minimum Gasteiger partial charge on any atom is -0.335 e. The van der Waals surface area contributed by atoms with Gasteiger partial charge >= 0.3 is 0 Å². The van der Waals surface area contributed by atoms with Crippen molar-refractivity contribution in [1.29, 1.82) is 0 Å². The standard InChI is InChI=1S/C18H17BrClN5OS/c1-10-14(20)8-5-9-15(10)22-17(26)11(2)27-18-24-23-16(25(18)21)12-6-3-4-7-13(12)19/h3-9,11H,21H2,1-2H3,(H,22,26). The van der Waals surface area contributed by atoms with Crippen LogP contribution in [0.15, 0.2) is 52.1 Å². The van der Waals surface area contributed by atoms with Crippen LogP contribution in [0.1, 0.15) is 12.5 Å². The molecule has 1 aromatic heterocycles. The molecule has 9 heteroatoms. The Morgan fingerprint density at radius 2 is 2.00 bits per heavy atom. The molecule has 0 saturated carbocycles. The van der Waals surface area contributed by atoms with Crippen molar-refractivity contribution in [3.8, 4) is 11.4 Å². The highest BCUT2D eigenvalue weighted by molar-refractivity contribution is 9.10. The molecule has 6 nitrogen and oxygen atoms in total. The third-order valence-corrected chi connectivity index (χ3v) is 6.11. The number of amides is 1. The molecule has 0 aliphatic rings. The van der Waals surface area contributed by atoms with E-state index in [1.807, 2.05) is 37.3 Å². The minimum atomic E-state index is -0.429. The highest BCUT2D eigenvalue weighted by Crippen LogP contribution is 2.30. The molecule has 0 radical (unpaired) electrons. The van der Waals surface area contributed by atoms with E-state index in [4.69, 9.17) is 17.4 Å². The van der Waals surface area contributed by atoms with Crippen molar-refractivity contribution in [2.75, 3.05) is 11.2 Å². The van der Waals surface area contributed by atoms with Crippen molar-refractivity contribution in [2.45, 2.75) is 24.3 Å². The fraction of sp³-hybridized carbons (Fsp3) is 0.167. The molecule has 1 amide bonds. The summed E-state index contributed by atoms with van der Waals surface area (Å²) < 4.78 is 2.25. The SMILES string of the molecule is Cc1c(Cl)cccc1NC(=O)C(C)Sc1nnc(-c2ccccc2Br)n1N. The molecular formula is C18H17BrClN5OS. The van der Waals surface area contributed by atoms with Gasteiger partial charge in [0.2, 0.25) is 11.1 Å². The summed E-state index contributed by atoms with van der Waals surface area (Å²) in [5.41, 5.74) is 2.33. The highest BCUT2D eigenvalue weighted by Gasteiger charge is 2.21. The molecule has 0 saturated heterocycles. The Kier molecular flexibility index (Phi) is 6.08. The zero-order valence-corrected chi connectivity index (χ0v) is 17.8. The molecule has 0 fully saturated rings. The number of aromatic nitrogens is 3. The number of rotatable bonds is 5. The van der Waals surface area contributed by atoms with Gasteiger partial charge in [0, 0.05) is 20.7 Å². The first-order chi connectivity index (χ1) is 12.9. The third kappa shape index (κ3) is 4.28. The number of carbonyl (C=O) groups excluding carboxylic acids is 1. The van der Waals surface area contributed by atoms with E-state index in [9.17, 15) is 4.79 Å². The monoisotopic (exact) mass is 465 g/mol. The number of thioether (sulfide) groups is 1. The maximum absolute atomic E-state index is 12.5. The number of carbonyl (C=O) groups is 1. The fourth-order valence-corrected chi connectivity index (χ4v) is 3.78. The molecule has 0 bridgehead atoms. The quantitative estimate of drug-likeness (QED) is 0.427. The van der Waals surface area contributed by atoms with Gasteiger partial charge in [-0.05, 0) is 43.7 Å². The molecule has 0 spiro atoms. The number of halogens is 2. The van der Waals surface area contributed by atoms with Crippen molar-refractivity contribution < 1.29 is 4.79 Å². The summed E-state index contributed by atoms with van der Waals surface area (Å²) in [6, 6.07) is 13.0. The second-order valence-corrected chi connectivity index (χ2v) is 8.39. The van der Waals surface area contributed by atoms with Crippen LogP contribution in [0.2, 0.25) is 5.02 Å². The van der Waals surface area contributed by atoms with Gasteiger partial charge in [0.1, 0.15) is 0 Å². The number of nitrogen functional groups attached to an aromatic ring is 1. The number of benzene rings is 2. The predicted molar refractivity (Wildman–Crippen MR) is 113 cm³/mol. The summed E-state index contributed by atoms with van der Waals surface area (Å²) in [4.78, 5) is 12.5. The molecule has 0 aliphatic heterocycles. The van der Waals surface area contributed by atoms with Crippen LogP contribution in [0.25, 0.3) is 11.4 Å². The molecule has 3 aromatic rings. The van der Waals surface area contributed by atoms with Crippen LogP contribution in [0, 0.1) is 6.92 Å². The van der Waals surface area contributed by atoms with Gasteiger partial charge < -0.3 is 11.2 Å². The fourth-order valence-electron chi connectivity index (χ4n) is 2.37. The molecule has 1 unspecified atom stereocenters. The van der Waals surface area contributed by atoms with Crippen molar-refractivity contribution in [1.82, 2.24) is 14.9 Å². The van der Waals surface area contributed by atoms with Crippen molar-refractivity contribution in [2.24, 2.45) is 0 Å². The van der Waals surface area contributed by atoms with Gasteiger partial charge in [-0.15, -0.1) is 10.2 Å². The molecule has 2 aromatic carbocycles. The summed E-state index contributed by atoms with van der Waals surface area (Å²) in [5, 5.41) is 11.8. The Bertz CT molecular complexity index is 994. The number of hydrogen-bond donors (Lipinski definition) is 2. The van der Waals surface area contributed by atoms with Crippen LogP contribution in [0.4, 0.5) is 5.69 Å². The van der Waals surface area contributed by atoms with Crippen LogP contribution >= 0.6 is 39.3 Å². The maximum Gasteiger partial charge on any atom is 0.237 e. The van der Waals surface area contributed by atoms with E-state index >= 15 is 0 Å². The van der Waals surface area contributed by atoms with Gasteiger partial charge in [-0.3, -0.25) is 4.79 Å². The lowest BCUT2D eigenvalue weighted by atomic mass is 10.2. The van der Waals surface area contributed by atoms with Crippen LogP contribution < -0.4 is 11.2 Å². The van der Waals surface area contributed by atoms with Crippen LogP contribution in [0.5, 0.6) is 0 Å². The first-order valence-electron chi connectivity index (χ1n) is 8.06. The van der Waals surface area contributed by atoms with Gasteiger partial charge in [0.15, 0.2) is 5.82 Å². The van der Waals surface area contributed by atoms with Crippen LogP contribution in [0.3, 0.4) is 0 Å². The summed E-state index contributed by atoms with van der Waals surface area (Å²) >= 11 is 10.8. The molecule has 1 atom stereocenters. The zero-order valence-electron chi connectivity index (χ0n) is 14.6. The summed E-state index contributed by atoms with van der Waals surface area (Å²) in [5.74, 6) is 6.50. The largest absolute Gasteiger partial charge is 0.335 e. The molecular weight excluding hydrogens is 450 g/mol. The molecule has 3 N–H and O–H groups in total. The van der Waals surface area contributed by atoms with Crippen LogP contribution in [-0.2, 0) is 4.79 Å². The van der Waals surface area contributed by atoms with E-state index in [1.165, 1.54) is 16.4 Å². The predicted octanol–water partition coefficient (Wildman–Crippen LogP) is 4.50. The van der Waals surface area contributed by atoms with Crippen LogP contribution in [-0.4, -0.2) is 26.0 Å². The third-order valence-electron chi connectivity index (χ3n) is 3.96. The van der Waals surface area contributed by atoms with E-state index in [-0.39, 0.29) is 5.91 Å². The topological polar surface area (TPSA) is 85.8 Å². The Morgan fingerprint density at radius 3 is 2.74 bits per heavy atom. The van der Waals surface area contributed by atoms with Gasteiger partial charge in [0.25, 0.3) is 0 Å². The summed E-state index contributed by atoms with van der Waals surface area (Å²) in [7, 11) is 0. The second kappa shape index (κ2) is 8.33. The Labute approximate surface area is 174 Å². The van der Waals surface area contributed by atoms with Crippen molar-refractivity contribution >= 4 is 50.9 Å². The second-order valence-electron chi connectivity index (χ2n) is 5.82. The van der Waals surface area contributed by atoms with E-state index in [2.05, 4.69) is 31.4 Å². The minimum absolute atomic E-state index is 0.171. The lowest BCUT2D eigenvalue weighted by Gasteiger charge is -2.13. The lowest BCUT2D eigenvalue weighted by Crippen LogP contribution is -2.24. The highest BCUT2D eigenvalue weighted by atomic mass is 79.9. The van der Waals surface area contributed by atoms with Gasteiger partial charge in [-0.2, -0.15) is 0 Å². The Hall–Kier alpha value is -2.03. The number of anilines is 1. The summed E-state index contributed by atoms with van der Waals surface area (Å²) in [6.07, 6.45) is 0. The number of nitrogens with zero attached hydrogens (tertiary/aromatic N) is 3. The normalized spacial score (nSPS) is 12.0. The van der Waals surface area contributed by atoms with Gasteiger partial charge in [-0.25, -0.2) is 4.68 Å². The lowest BCUT2D eigenvalue weighted by molar-refractivity contribution is -0.115. The van der Waals surface area contributed by atoms with E-state index in [1.54, 1.807) is 19.1 Å². The first-order valence-corrected chi connectivity index (χ1v) is 10.1. The number of hydrogen-bond acceptors (Lipinski definition) is 5. The molecule has 0 aliphatic carbocycles. The Morgan fingerprint density at radius 1 is 1.26 bits per heavy atom. The summed E-state index contributed by atoms with van der Waals surface area (Å²) in [6.45, 7) is 3.64.